The lowest BCUT2D eigenvalue weighted by atomic mass is 10.1. The van der Waals surface area contributed by atoms with Crippen LogP contribution in [0.25, 0.3) is 0 Å². The second-order valence-electron chi connectivity index (χ2n) is 8.59. The van der Waals surface area contributed by atoms with E-state index in [2.05, 4.69) is 50.1 Å². The van der Waals surface area contributed by atoms with Gasteiger partial charge in [0.05, 0.1) is 13.7 Å². The molecule has 1 aromatic carbocycles. The van der Waals surface area contributed by atoms with Crippen molar-refractivity contribution in [1.29, 1.82) is 0 Å². The first-order valence-electron chi connectivity index (χ1n) is 11.7. The Bertz CT molecular complexity index is 735. The summed E-state index contributed by atoms with van der Waals surface area (Å²) in [7, 11) is 3.56. The first-order valence-corrected chi connectivity index (χ1v) is 11.7. The van der Waals surface area contributed by atoms with Crippen molar-refractivity contribution in [3.05, 3.63) is 29.3 Å². The molecule has 0 saturated carbocycles. The van der Waals surface area contributed by atoms with E-state index in [0.29, 0.717) is 12.5 Å². The van der Waals surface area contributed by atoms with E-state index in [0.717, 1.165) is 82.3 Å². The van der Waals surface area contributed by atoms with E-state index >= 15 is 0 Å². The third-order valence-electron chi connectivity index (χ3n) is 6.37. The molecule has 0 aliphatic carbocycles. The number of rotatable bonds is 6. The fraction of sp³-hybridized carbons (Fsp3) is 0.667. The van der Waals surface area contributed by atoms with Crippen LogP contribution in [-0.2, 0) is 11.2 Å². The molecule has 7 nitrogen and oxygen atoms in total. The zero-order valence-corrected chi connectivity index (χ0v) is 19.5. The van der Waals surface area contributed by atoms with Gasteiger partial charge in [-0.2, -0.15) is 0 Å². The first kappa shape index (κ1) is 23.4. The first-order chi connectivity index (χ1) is 15.1. The summed E-state index contributed by atoms with van der Waals surface area (Å²) in [5.74, 6) is 2.18. The molecule has 2 fully saturated rings. The van der Waals surface area contributed by atoms with Gasteiger partial charge in [-0.25, -0.2) is 0 Å². The Labute approximate surface area is 187 Å². The van der Waals surface area contributed by atoms with Gasteiger partial charge in [0.1, 0.15) is 5.75 Å². The van der Waals surface area contributed by atoms with Crippen molar-refractivity contribution in [2.45, 2.75) is 39.0 Å². The van der Waals surface area contributed by atoms with Gasteiger partial charge in [0.25, 0.3) is 0 Å². The molecule has 0 aromatic heterocycles. The molecular weight excluding hydrogens is 390 g/mol. The quantitative estimate of drug-likeness (QED) is 0.555. The highest BCUT2D eigenvalue weighted by molar-refractivity contribution is 5.80. The van der Waals surface area contributed by atoms with Crippen LogP contribution in [0.2, 0.25) is 0 Å². The number of piperazine rings is 1. The topological polar surface area (TPSA) is 60.4 Å². The highest BCUT2D eigenvalue weighted by Gasteiger charge is 2.23. The standard InChI is InChI=1S/C24H39N5O2/c1-20-8-9-21(18-22(20)31-3)10-11-26-24(25-2)29-16-14-27(15-17-29)19-23(30)28-12-6-4-5-7-13-28/h8-9,18H,4-7,10-17,19H2,1-3H3,(H,25,26). The molecule has 0 atom stereocenters. The molecule has 172 valence electrons. The smallest absolute Gasteiger partial charge is 0.236 e. The normalized spacial score (nSPS) is 18.6. The molecule has 2 heterocycles. The predicted molar refractivity (Wildman–Crippen MR) is 126 cm³/mol. The van der Waals surface area contributed by atoms with Crippen LogP contribution in [0.15, 0.2) is 23.2 Å². The number of hydrogen-bond donors (Lipinski definition) is 1. The lowest BCUT2D eigenvalue weighted by molar-refractivity contribution is -0.132. The van der Waals surface area contributed by atoms with Gasteiger partial charge in [-0.05, 0) is 43.4 Å². The Morgan fingerprint density at radius 3 is 2.39 bits per heavy atom. The molecular formula is C24H39N5O2. The number of nitrogens with one attached hydrogen (secondary N) is 1. The van der Waals surface area contributed by atoms with Gasteiger partial charge in [-0.1, -0.05) is 25.0 Å². The molecule has 1 aromatic rings. The van der Waals surface area contributed by atoms with Crippen LogP contribution in [0.4, 0.5) is 0 Å². The Hall–Kier alpha value is -2.28. The molecule has 2 saturated heterocycles. The largest absolute Gasteiger partial charge is 0.496 e. The maximum absolute atomic E-state index is 12.7. The summed E-state index contributed by atoms with van der Waals surface area (Å²) >= 11 is 0. The van der Waals surface area contributed by atoms with Crippen molar-refractivity contribution >= 4 is 11.9 Å². The molecule has 0 bridgehead atoms. The summed E-state index contributed by atoms with van der Waals surface area (Å²) in [6.45, 7) is 8.89. The van der Waals surface area contributed by atoms with E-state index < -0.39 is 0 Å². The van der Waals surface area contributed by atoms with Crippen molar-refractivity contribution < 1.29 is 9.53 Å². The van der Waals surface area contributed by atoms with E-state index in [1.165, 1.54) is 18.4 Å². The van der Waals surface area contributed by atoms with Crippen LogP contribution in [0.3, 0.4) is 0 Å². The second kappa shape index (κ2) is 11.9. The molecule has 1 amide bonds. The Balaban J connectivity index is 1.41. The van der Waals surface area contributed by atoms with Gasteiger partial charge >= 0.3 is 0 Å². The van der Waals surface area contributed by atoms with E-state index in [1.54, 1.807) is 7.11 Å². The number of carbonyl (C=O) groups is 1. The lowest BCUT2D eigenvalue weighted by Gasteiger charge is -2.37. The van der Waals surface area contributed by atoms with Crippen LogP contribution in [0.1, 0.15) is 36.8 Å². The molecule has 0 radical (unpaired) electrons. The Kier molecular flexibility index (Phi) is 9.00. The summed E-state index contributed by atoms with van der Waals surface area (Å²) in [5.41, 5.74) is 2.41. The van der Waals surface area contributed by atoms with Crippen LogP contribution >= 0.6 is 0 Å². The SMILES string of the molecule is CN=C(NCCc1ccc(C)c(OC)c1)N1CCN(CC(=O)N2CCCCCC2)CC1. The van der Waals surface area contributed by atoms with Gasteiger partial charge in [0, 0.05) is 52.9 Å². The number of guanidine groups is 1. The summed E-state index contributed by atoms with van der Waals surface area (Å²) in [6.07, 6.45) is 5.73. The number of benzene rings is 1. The summed E-state index contributed by atoms with van der Waals surface area (Å²) in [4.78, 5) is 23.8. The Morgan fingerprint density at radius 1 is 1.03 bits per heavy atom. The zero-order chi connectivity index (χ0) is 22.1. The number of ether oxygens (including phenoxy) is 1. The average Bonchev–Trinajstić information content (AvgIpc) is 3.08. The third kappa shape index (κ3) is 6.86. The number of methoxy groups -OCH3 is 1. The summed E-state index contributed by atoms with van der Waals surface area (Å²) < 4.78 is 5.43. The lowest BCUT2D eigenvalue weighted by Crippen LogP contribution is -2.54. The van der Waals surface area contributed by atoms with Gasteiger partial charge in [0.2, 0.25) is 5.91 Å². The predicted octanol–water partition coefficient (Wildman–Crippen LogP) is 2.14. The van der Waals surface area contributed by atoms with Crippen molar-refractivity contribution in [2.24, 2.45) is 4.99 Å². The number of aryl methyl sites for hydroxylation is 1. The molecule has 3 rings (SSSR count). The van der Waals surface area contributed by atoms with Gasteiger partial charge in [-0.15, -0.1) is 0 Å². The van der Waals surface area contributed by atoms with Gasteiger partial charge in [-0.3, -0.25) is 14.7 Å². The van der Waals surface area contributed by atoms with Gasteiger partial charge in [0.15, 0.2) is 5.96 Å². The highest BCUT2D eigenvalue weighted by atomic mass is 16.5. The average molecular weight is 430 g/mol. The van der Waals surface area contributed by atoms with Crippen LogP contribution < -0.4 is 10.1 Å². The van der Waals surface area contributed by atoms with Crippen LogP contribution in [-0.4, -0.2) is 93.1 Å². The van der Waals surface area contributed by atoms with E-state index in [4.69, 9.17) is 4.74 Å². The molecule has 7 heteroatoms. The van der Waals surface area contributed by atoms with Crippen LogP contribution in [0, 0.1) is 6.92 Å². The number of likely N-dealkylation sites (tertiary alicyclic amines) is 1. The second-order valence-corrected chi connectivity index (χ2v) is 8.59. The van der Waals surface area contributed by atoms with Crippen molar-refractivity contribution in [2.75, 3.05) is 66.5 Å². The monoisotopic (exact) mass is 429 g/mol. The van der Waals surface area contributed by atoms with Crippen molar-refractivity contribution in [3.63, 3.8) is 0 Å². The molecule has 2 aliphatic rings. The van der Waals surface area contributed by atoms with Gasteiger partial charge < -0.3 is 19.9 Å². The maximum Gasteiger partial charge on any atom is 0.236 e. The number of carbonyl (C=O) groups excluding carboxylic acids is 1. The minimum absolute atomic E-state index is 0.298. The van der Waals surface area contributed by atoms with Crippen molar-refractivity contribution in [3.8, 4) is 5.75 Å². The van der Waals surface area contributed by atoms with E-state index in [-0.39, 0.29) is 0 Å². The third-order valence-corrected chi connectivity index (χ3v) is 6.37. The minimum atomic E-state index is 0.298. The Morgan fingerprint density at radius 2 is 1.74 bits per heavy atom. The van der Waals surface area contributed by atoms with E-state index in [9.17, 15) is 4.79 Å². The number of hydrogen-bond acceptors (Lipinski definition) is 4. The zero-order valence-electron chi connectivity index (χ0n) is 19.5. The number of nitrogens with zero attached hydrogens (tertiary/aromatic N) is 4. The molecule has 0 unspecified atom stereocenters. The number of aliphatic imine (C=N–C) groups is 1. The summed E-state index contributed by atoms with van der Waals surface area (Å²) in [6, 6.07) is 6.37. The molecule has 1 N–H and O–H groups in total. The highest BCUT2D eigenvalue weighted by Crippen LogP contribution is 2.19. The summed E-state index contributed by atoms with van der Waals surface area (Å²) in [5, 5.41) is 3.50. The molecule has 0 spiro atoms. The fourth-order valence-corrected chi connectivity index (χ4v) is 4.40. The van der Waals surface area contributed by atoms with E-state index in [1.807, 2.05) is 7.05 Å². The fourth-order valence-electron chi connectivity index (χ4n) is 4.40. The minimum Gasteiger partial charge on any atom is -0.496 e. The molecule has 2 aliphatic heterocycles. The van der Waals surface area contributed by atoms with Crippen molar-refractivity contribution in [1.82, 2.24) is 20.0 Å². The van der Waals surface area contributed by atoms with Crippen LogP contribution in [0.5, 0.6) is 5.75 Å². The molecule has 31 heavy (non-hydrogen) atoms. The maximum atomic E-state index is 12.7. The number of amides is 1.